The molecule has 0 radical (unpaired) electrons. The van der Waals surface area contributed by atoms with Crippen LogP contribution in [0.4, 0.5) is 0 Å². The van der Waals surface area contributed by atoms with Crippen LogP contribution in [0.5, 0.6) is 0 Å². The second-order valence-corrected chi connectivity index (χ2v) is 4.59. The predicted molar refractivity (Wildman–Crippen MR) is 68.8 cm³/mol. The lowest BCUT2D eigenvalue weighted by Gasteiger charge is -2.07. The van der Waals surface area contributed by atoms with Crippen molar-refractivity contribution in [3.63, 3.8) is 0 Å². The lowest BCUT2D eigenvalue weighted by Crippen LogP contribution is -2.34. The first-order valence-electron chi connectivity index (χ1n) is 5.38. The number of hydrogen-bond acceptors (Lipinski definition) is 4. The number of pyridine rings is 1. The Kier molecular flexibility index (Phi) is 6.10. The third-order valence-electron chi connectivity index (χ3n) is 1.99. The van der Waals surface area contributed by atoms with Gasteiger partial charge in [-0.25, -0.2) is 4.98 Å². The third kappa shape index (κ3) is 5.76. The number of halogens is 1. The average molecular weight is 302 g/mol. The van der Waals surface area contributed by atoms with Crippen LogP contribution in [0.2, 0.25) is 0 Å². The van der Waals surface area contributed by atoms with Gasteiger partial charge >= 0.3 is 0 Å². The zero-order chi connectivity index (χ0) is 12.7. The van der Waals surface area contributed by atoms with Gasteiger partial charge in [-0.15, -0.1) is 0 Å². The first-order chi connectivity index (χ1) is 8.09. The van der Waals surface area contributed by atoms with Crippen LogP contribution in [0.3, 0.4) is 0 Å². The average Bonchev–Trinajstić information content (AvgIpc) is 2.29. The Hall–Kier alpha value is -0.980. The van der Waals surface area contributed by atoms with E-state index in [2.05, 4.69) is 31.5 Å². The molecule has 0 aliphatic rings. The molecule has 0 aliphatic heterocycles. The first-order valence-corrected chi connectivity index (χ1v) is 6.17. The van der Waals surface area contributed by atoms with Gasteiger partial charge in [-0.3, -0.25) is 4.79 Å². The zero-order valence-electron chi connectivity index (χ0n) is 9.61. The maximum Gasteiger partial charge on any atom is 0.269 e. The molecular formula is C11H16BrN3O2. The van der Waals surface area contributed by atoms with E-state index in [4.69, 9.17) is 5.11 Å². The fraction of sp³-hybridized carbons (Fsp3) is 0.455. The van der Waals surface area contributed by atoms with E-state index in [1.807, 2.05) is 0 Å². The lowest BCUT2D eigenvalue weighted by molar-refractivity contribution is 0.0948. The molecule has 1 heterocycles. The van der Waals surface area contributed by atoms with Crippen molar-refractivity contribution in [2.75, 3.05) is 19.6 Å². The van der Waals surface area contributed by atoms with Crippen molar-refractivity contribution in [1.82, 2.24) is 15.6 Å². The highest BCUT2D eigenvalue weighted by Gasteiger charge is 2.05. The molecule has 0 fully saturated rings. The second-order valence-electron chi connectivity index (χ2n) is 3.67. The summed E-state index contributed by atoms with van der Waals surface area (Å²) in [5.74, 6) is -0.198. The van der Waals surface area contributed by atoms with Gasteiger partial charge in [0.2, 0.25) is 0 Å². The molecule has 17 heavy (non-hydrogen) atoms. The summed E-state index contributed by atoms with van der Waals surface area (Å²) in [4.78, 5) is 15.6. The van der Waals surface area contributed by atoms with Crippen LogP contribution in [0.15, 0.2) is 22.8 Å². The molecule has 1 rings (SSSR count). The summed E-state index contributed by atoms with van der Waals surface area (Å²) in [5, 5.41) is 14.7. The molecule has 94 valence electrons. The van der Waals surface area contributed by atoms with Gasteiger partial charge in [0, 0.05) is 30.3 Å². The van der Waals surface area contributed by atoms with Crippen LogP contribution in [-0.4, -0.2) is 41.7 Å². The molecule has 0 saturated heterocycles. The number of nitrogens with one attached hydrogen (secondary N) is 2. The van der Waals surface area contributed by atoms with E-state index in [1.165, 1.54) is 0 Å². The van der Waals surface area contributed by atoms with Crippen molar-refractivity contribution in [2.45, 2.75) is 13.0 Å². The van der Waals surface area contributed by atoms with E-state index in [0.29, 0.717) is 25.3 Å². The van der Waals surface area contributed by atoms with Crippen LogP contribution in [0, 0.1) is 0 Å². The topological polar surface area (TPSA) is 74.2 Å². The molecule has 0 spiro atoms. The Morgan fingerprint density at radius 1 is 1.53 bits per heavy atom. The zero-order valence-corrected chi connectivity index (χ0v) is 11.2. The number of hydrogen-bond donors (Lipinski definition) is 3. The molecular weight excluding hydrogens is 286 g/mol. The molecule has 3 N–H and O–H groups in total. The molecule has 1 aromatic heterocycles. The molecule has 1 aromatic rings. The van der Waals surface area contributed by atoms with E-state index < -0.39 is 0 Å². The van der Waals surface area contributed by atoms with Gasteiger partial charge in [0.1, 0.15) is 5.69 Å². The Bertz CT molecular complexity index is 354. The van der Waals surface area contributed by atoms with Gasteiger partial charge in [0.25, 0.3) is 5.91 Å². The van der Waals surface area contributed by atoms with Crippen LogP contribution in [0.1, 0.15) is 17.4 Å². The van der Waals surface area contributed by atoms with Crippen LogP contribution in [0.25, 0.3) is 0 Å². The predicted octanol–water partition coefficient (Wildman–Crippen LogP) is 0.544. The van der Waals surface area contributed by atoms with Gasteiger partial charge in [0.05, 0.1) is 6.10 Å². The minimum atomic E-state index is -0.376. The van der Waals surface area contributed by atoms with Crippen LogP contribution >= 0.6 is 15.9 Å². The summed E-state index contributed by atoms with van der Waals surface area (Å²) < 4.78 is 0.840. The summed E-state index contributed by atoms with van der Waals surface area (Å²) in [7, 11) is 0. The highest BCUT2D eigenvalue weighted by molar-refractivity contribution is 9.10. The molecule has 1 amide bonds. The second kappa shape index (κ2) is 7.37. The van der Waals surface area contributed by atoms with E-state index in [9.17, 15) is 4.79 Å². The van der Waals surface area contributed by atoms with Gasteiger partial charge in [0.15, 0.2) is 0 Å². The van der Waals surface area contributed by atoms with Gasteiger partial charge < -0.3 is 15.7 Å². The Balaban J connectivity index is 2.23. The summed E-state index contributed by atoms with van der Waals surface area (Å²) in [6, 6.07) is 3.43. The number of rotatable bonds is 6. The number of carbonyl (C=O) groups excluding carboxylic acids is 1. The SMILES string of the molecule is CC(O)CNCCNC(=O)c1ccc(Br)cn1. The molecule has 0 bridgehead atoms. The van der Waals surface area contributed by atoms with E-state index in [-0.39, 0.29) is 12.0 Å². The number of aliphatic hydroxyl groups excluding tert-OH is 1. The minimum absolute atomic E-state index is 0.198. The summed E-state index contributed by atoms with van der Waals surface area (Å²) in [6.45, 7) is 3.35. The lowest BCUT2D eigenvalue weighted by atomic mass is 10.3. The molecule has 0 aliphatic carbocycles. The van der Waals surface area contributed by atoms with Gasteiger partial charge in [-0.1, -0.05) is 0 Å². The van der Waals surface area contributed by atoms with Crippen LogP contribution < -0.4 is 10.6 Å². The highest BCUT2D eigenvalue weighted by Crippen LogP contribution is 2.06. The van der Waals surface area contributed by atoms with Crippen molar-refractivity contribution in [3.05, 3.63) is 28.5 Å². The van der Waals surface area contributed by atoms with Gasteiger partial charge in [-0.05, 0) is 35.0 Å². The molecule has 0 aromatic carbocycles. The maximum absolute atomic E-state index is 11.6. The quantitative estimate of drug-likeness (QED) is 0.671. The number of carbonyl (C=O) groups is 1. The van der Waals surface area contributed by atoms with Crippen molar-refractivity contribution in [3.8, 4) is 0 Å². The minimum Gasteiger partial charge on any atom is -0.392 e. The monoisotopic (exact) mass is 301 g/mol. The van der Waals surface area contributed by atoms with E-state index in [0.717, 1.165) is 4.47 Å². The number of nitrogens with zero attached hydrogens (tertiary/aromatic N) is 1. The molecule has 6 heteroatoms. The van der Waals surface area contributed by atoms with Crippen molar-refractivity contribution in [1.29, 1.82) is 0 Å². The fourth-order valence-electron chi connectivity index (χ4n) is 1.18. The Labute approximate surface area is 109 Å². The summed E-state index contributed by atoms with van der Waals surface area (Å²) in [5.41, 5.74) is 0.392. The highest BCUT2D eigenvalue weighted by atomic mass is 79.9. The first kappa shape index (κ1) is 14.1. The maximum atomic E-state index is 11.6. The number of amides is 1. The molecule has 0 saturated carbocycles. The van der Waals surface area contributed by atoms with Crippen molar-refractivity contribution in [2.24, 2.45) is 0 Å². The fourth-order valence-corrected chi connectivity index (χ4v) is 1.41. The Morgan fingerprint density at radius 3 is 2.88 bits per heavy atom. The van der Waals surface area contributed by atoms with Crippen molar-refractivity contribution < 1.29 is 9.90 Å². The summed E-state index contributed by atoms with van der Waals surface area (Å²) >= 11 is 3.25. The molecule has 1 atom stereocenters. The molecule has 5 nitrogen and oxygen atoms in total. The van der Waals surface area contributed by atoms with Gasteiger partial charge in [-0.2, -0.15) is 0 Å². The number of aromatic nitrogens is 1. The van der Waals surface area contributed by atoms with Crippen LogP contribution in [-0.2, 0) is 0 Å². The largest absolute Gasteiger partial charge is 0.392 e. The third-order valence-corrected chi connectivity index (χ3v) is 2.46. The molecule has 1 unspecified atom stereocenters. The number of aliphatic hydroxyl groups is 1. The smallest absolute Gasteiger partial charge is 0.269 e. The standard InChI is InChI=1S/C11H16BrN3O2/c1-8(16)6-13-4-5-14-11(17)10-3-2-9(12)7-15-10/h2-3,7-8,13,16H,4-6H2,1H3,(H,14,17). The normalized spacial score (nSPS) is 12.2. The van der Waals surface area contributed by atoms with E-state index >= 15 is 0 Å². The summed E-state index contributed by atoms with van der Waals surface area (Å²) in [6.07, 6.45) is 1.21. The van der Waals surface area contributed by atoms with E-state index in [1.54, 1.807) is 25.3 Å². The Morgan fingerprint density at radius 2 is 2.29 bits per heavy atom. The van der Waals surface area contributed by atoms with Crippen molar-refractivity contribution >= 4 is 21.8 Å².